The molecule has 0 N–H and O–H groups in total. The van der Waals surface area contributed by atoms with Gasteiger partial charge in [-0.25, -0.2) is 0 Å². The van der Waals surface area contributed by atoms with Crippen LogP contribution in [0.25, 0.3) is 38.6 Å². The first-order chi connectivity index (χ1) is 15.0. The Morgan fingerprint density at radius 3 is 1.84 bits per heavy atom. The van der Waals surface area contributed by atoms with Gasteiger partial charge in [-0.3, -0.25) is 0 Å². The van der Waals surface area contributed by atoms with Crippen molar-refractivity contribution in [1.82, 2.24) is 4.57 Å². The number of aromatic nitrogens is 1. The fourth-order valence-corrected chi connectivity index (χ4v) is 4.09. The zero-order valence-electron chi connectivity index (χ0n) is 16.2. The zero-order valence-corrected chi connectivity index (χ0v) is 16.2. The molecule has 5 aromatic rings. The van der Waals surface area contributed by atoms with Gasteiger partial charge in [0.05, 0.1) is 28.2 Å². The highest BCUT2D eigenvalue weighted by Gasteiger charge is 2.34. The van der Waals surface area contributed by atoms with Gasteiger partial charge < -0.3 is 4.57 Å². The third-order valence-electron chi connectivity index (χ3n) is 5.47. The van der Waals surface area contributed by atoms with Crippen LogP contribution in [0.4, 0.5) is 13.2 Å². The van der Waals surface area contributed by atoms with Crippen LogP contribution in [0.2, 0.25) is 0 Å². The standard InChI is InChI=1S/C26H15F3N2/c27-26(28,29)23-15-17(16-30)9-14-20(23)18-10-12-19(13-11-18)31-24-7-3-1-5-21(24)22-6-2-4-8-25(22)31/h1-15H. The second kappa shape index (κ2) is 7.03. The molecule has 2 nitrogen and oxygen atoms in total. The second-order valence-corrected chi connectivity index (χ2v) is 7.29. The number of rotatable bonds is 2. The van der Waals surface area contributed by atoms with Crippen molar-refractivity contribution in [3.8, 4) is 22.9 Å². The van der Waals surface area contributed by atoms with E-state index in [0.29, 0.717) is 5.56 Å². The molecule has 0 spiro atoms. The van der Waals surface area contributed by atoms with Gasteiger partial charge in [0.25, 0.3) is 0 Å². The summed E-state index contributed by atoms with van der Waals surface area (Å²) in [6.45, 7) is 0. The molecule has 0 aliphatic heterocycles. The van der Waals surface area contributed by atoms with Crippen LogP contribution < -0.4 is 0 Å². The third-order valence-corrected chi connectivity index (χ3v) is 5.47. The van der Waals surface area contributed by atoms with Crippen LogP contribution in [0.15, 0.2) is 91.0 Å². The van der Waals surface area contributed by atoms with Crippen molar-refractivity contribution in [3.05, 3.63) is 102 Å². The number of para-hydroxylation sites is 2. The Morgan fingerprint density at radius 2 is 1.29 bits per heavy atom. The lowest BCUT2D eigenvalue weighted by molar-refractivity contribution is -0.137. The van der Waals surface area contributed by atoms with Crippen molar-refractivity contribution >= 4 is 21.8 Å². The molecule has 0 radical (unpaired) electrons. The van der Waals surface area contributed by atoms with Crippen molar-refractivity contribution in [2.45, 2.75) is 6.18 Å². The van der Waals surface area contributed by atoms with E-state index in [9.17, 15) is 13.2 Å². The second-order valence-electron chi connectivity index (χ2n) is 7.29. The minimum Gasteiger partial charge on any atom is -0.309 e. The molecule has 0 amide bonds. The first-order valence-corrected chi connectivity index (χ1v) is 9.68. The molecule has 1 aromatic heterocycles. The largest absolute Gasteiger partial charge is 0.417 e. The lowest BCUT2D eigenvalue weighted by Gasteiger charge is -2.14. The maximum absolute atomic E-state index is 13.6. The van der Waals surface area contributed by atoms with Crippen molar-refractivity contribution in [1.29, 1.82) is 5.26 Å². The van der Waals surface area contributed by atoms with Gasteiger partial charge in [-0.1, -0.05) is 54.6 Å². The minimum atomic E-state index is -4.55. The van der Waals surface area contributed by atoms with E-state index in [1.807, 2.05) is 48.5 Å². The number of halogens is 3. The minimum absolute atomic E-state index is 0.0158. The molecule has 0 fully saturated rings. The number of nitriles is 1. The van der Waals surface area contributed by atoms with E-state index >= 15 is 0 Å². The van der Waals surface area contributed by atoms with Crippen molar-refractivity contribution in [3.63, 3.8) is 0 Å². The summed E-state index contributed by atoms with van der Waals surface area (Å²) in [5, 5.41) is 11.2. The van der Waals surface area contributed by atoms with Crippen LogP contribution in [0.3, 0.4) is 0 Å². The summed E-state index contributed by atoms with van der Waals surface area (Å²) < 4.78 is 42.9. The lowest BCUT2D eigenvalue weighted by atomic mass is 9.97. The summed E-state index contributed by atoms with van der Waals surface area (Å²) in [5.41, 5.74) is 2.61. The summed E-state index contributed by atoms with van der Waals surface area (Å²) in [6.07, 6.45) is -4.55. The molecule has 4 aromatic carbocycles. The number of benzene rings is 4. The lowest BCUT2D eigenvalue weighted by Crippen LogP contribution is -2.07. The van der Waals surface area contributed by atoms with E-state index in [2.05, 4.69) is 16.7 Å². The van der Waals surface area contributed by atoms with Gasteiger partial charge >= 0.3 is 6.18 Å². The van der Waals surface area contributed by atoms with Crippen LogP contribution >= 0.6 is 0 Å². The van der Waals surface area contributed by atoms with Gasteiger partial charge in [0.1, 0.15) is 0 Å². The Bertz CT molecular complexity index is 1420. The van der Waals surface area contributed by atoms with Crippen LogP contribution in [-0.4, -0.2) is 4.57 Å². The molecule has 31 heavy (non-hydrogen) atoms. The Labute approximate surface area is 176 Å². The Balaban J connectivity index is 1.67. The molecule has 0 aliphatic rings. The normalized spacial score (nSPS) is 11.7. The van der Waals surface area contributed by atoms with E-state index in [0.717, 1.165) is 33.6 Å². The summed E-state index contributed by atoms with van der Waals surface area (Å²) in [5.74, 6) is 0. The molecule has 5 heteroatoms. The van der Waals surface area contributed by atoms with Crippen LogP contribution in [0, 0.1) is 11.3 Å². The van der Waals surface area contributed by atoms with Crippen LogP contribution in [0.5, 0.6) is 0 Å². The van der Waals surface area contributed by atoms with E-state index in [4.69, 9.17) is 5.26 Å². The number of hydrogen-bond acceptors (Lipinski definition) is 1. The van der Waals surface area contributed by atoms with Crippen LogP contribution in [-0.2, 0) is 6.18 Å². The Morgan fingerprint density at radius 1 is 0.710 bits per heavy atom. The number of fused-ring (bicyclic) bond motifs is 3. The van der Waals surface area contributed by atoms with Gasteiger partial charge in [-0.2, -0.15) is 18.4 Å². The van der Waals surface area contributed by atoms with E-state index in [1.165, 1.54) is 12.1 Å². The molecule has 0 aliphatic carbocycles. The maximum Gasteiger partial charge on any atom is 0.417 e. The summed E-state index contributed by atoms with van der Waals surface area (Å²) in [7, 11) is 0. The average molecular weight is 412 g/mol. The fraction of sp³-hybridized carbons (Fsp3) is 0.0385. The SMILES string of the molecule is N#Cc1ccc(-c2ccc(-n3c4ccccc4c4ccccc43)cc2)c(C(F)(F)F)c1. The maximum atomic E-state index is 13.6. The molecule has 0 unspecified atom stereocenters. The fourth-order valence-electron chi connectivity index (χ4n) is 4.09. The first kappa shape index (κ1) is 19.0. The number of alkyl halides is 3. The highest BCUT2D eigenvalue weighted by atomic mass is 19.4. The molecule has 5 rings (SSSR count). The molecule has 0 saturated carbocycles. The predicted octanol–water partition coefficient (Wildman–Crippen LogP) is 7.34. The molecule has 0 saturated heterocycles. The quantitative estimate of drug-likeness (QED) is 0.298. The van der Waals surface area contributed by atoms with Gasteiger partial charge in [0, 0.05) is 16.5 Å². The first-order valence-electron chi connectivity index (χ1n) is 9.68. The smallest absolute Gasteiger partial charge is 0.309 e. The average Bonchev–Trinajstić information content (AvgIpc) is 3.13. The Kier molecular flexibility index (Phi) is 4.30. The highest BCUT2D eigenvalue weighted by molar-refractivity contribution is 6.09. The number of hydrogen-bond donors (Lipinski definition) is 0. The third kappa shape index (κ3) is 3.13. The topological polar surface area (TPSA) is 28.7 Å². The summed E-state index contributed by atoms with van der Waals surface area (Å²) in [6, 6.07) is 28.6. The van der Waals surface area contributed by atoms with Crippen molar-refractivity contribution in [2.75, 3.05) is 0 Å². The summed E-state index contributed by atoms with van der Waals surface area (Å²) in [4.78, 5) is 0. The van der Waals surface area contributed by atoms with Gasteiger partial charge in [0.15, 0.2) is 0 Å². The monoisotopic (exact) mass is 412 g/mol. The molecular weight excluding hydrogens is 397 g/mol. The highest BCUT2D eigenvalue weighted by Crippen LogP contribution is 2.38. The van der Waals surface area contributed by atoms with E-state index < -0.39 is 11.7 Å². The van der Waals surface area contributed by atoms with Crippen LogP contribution in [0.1, 0.15) is 11.1 Å². The van der Waals surface area contributed by atoms with Gasteiger partial charge in [0.2, 0.25) is 0 Å². The van der Waals surface area contributed by atoms with Gasteiger partial charge in [-0.05, 0) is 47.5 Å². The van der Waals surface area contributed by atoms with E-state index in [-0.39, 0.29) is 11.1 Å². The molecular formula is C26H15F3N2. The molecule has 0 atom stereocenters. The van der Waals surface area contributed by atoms with E-state index in [1.54, 1.807) is 18.2 Å². The molecule has 0 bridgehead atoms. The number of nitrogens with zero attached hydrogens (tertiary/aromatic N) is 2. The van der Waals surface area contributed by atoms with Crippen molar-refractivity contribution in [2.24, 2.45) is 0 Å². The van der Waals surface area contributed by atoms with Gasteiger partial charge in [-0.15, -0.1) is 0 Å². The summed E-state index contributed by atoms with van der Waals surface area (Å²) >= 11 is 0. The van der Waals surface area contributed by atoms with Crippen molar-refractivity contribution < 1.29 is 13.2 Å². The zero-order chi connectivity index (χ0) is 21.6. The molecule has 150 valence electrons. The Hall–Kier alpha value is -4.04. The predicted molar refractivity (Wildman–Crippen MR) is 116 cm³/mol. The molecule has 1 heterocycles.